The van der Waals surface area contributed by atoms with Gasteiger partial charge in [0.1, 0.15) is 0 Å². The summed E-state index contributed by atoms with van der Waals surface area (Å²) in [4.78, 5) is 24.5. The average molecular weight is 211 g/mol. The largest absolute Gasteiger partial charge is 0.459 e. The molecule has 15 heavy (non-hydrogen) atoms. The van der Waals surface area contributed by atoms with E-state index >= 15 is 0 Å². The van der Waals surface area contributed by atoms with E-state index in [1.54, 1.807) is 11.8 Å². The Morgan fingerprint density at radius 2 is 1.87 bits per heavy atom. The van der Waals surface area contributed by atoms with Gasteiger partial charge in [0, 0.05) is 13.1 Å². The second kappa shape index (κ2) is 4.21. The summed E-state index contributed by atoms with van der Waals surface area (Å²) in [6.07, 6.45) is 3.69. The third-order valence-electron chi connectivity index (χ3n) is 3.46. The van der Waals surface area contributed by atoms with Crippen molar-refractivity contribution in [2.75, 3.05) is 19.7 Å². The molecule has 0 aromatic rings. The molecule has 2 atom stereocenters. The van der Waals surface area contributed by atoms with Crippen LogP contribution in [0, 0.1) is 11.8 Å². The second-order valence-corrected chi connectivity index (χ2v) is 4.38. The first kappa shape index (κ1) is 10.5. The Bertz CT molecular complexity index is 265. The third kappa shape index (κ3) is 1.98. The highest BCUT2D eigenvalue weighted by Crippen LogP contribution is 2.37. The van der Waals surface area contributed by atoms with Crippen LogP contribution < -0.4 is 0 Å². The van der Waals surface area contributed by atoms with Gasteiger partial charge < -0.3 is 9.64 Å². The summed E-state index contributed by atoms with van der Waals surface area (Å²) in [5.74, 6) is 0.107. The van der Waals surface area contributed by atoms with Crippen molar-refractivity contribution in [3.63, 3.8) is 0 Å². The molecule has 1 saturated heterocycles. The average Bonchev–Trinajstić information content (AvgIpc) is 2.75. The molecule has 0 aromatic carbocycles. The Morgan fingerprint density at radius 3 is 2.40 bits per heavy atom. The van der Waals surface area contributed by atoms with Crippen molar-refractivity contribution in [3.05, 3.63) is 0 Å². The van der Waals surface area contributed by atoms with Gasteiger partial charge in [0.25, 0.3) is 0 Å². The maximum atomic E-state index is 11.6. The van der Waals surface area contributed by atoms with Gasteiger partial charge in [-0.1, -0.05) is 6.42 Å². The molecule has 0 aromatic heterocycles. The van der Waals surface area contributed by atoms with Gasteiger partial charge in [0.05, 0.1) is 6.61 Å². The van der Waals surface area contributed by atoms with E-state index < -0.39 is 11.9 Å². The molecule has 1 heterocycles. The van der Waals surface area contributed by atoms with Crippen molar-refractivity contribution in [1.29, 1.82) is 0 Å². The Balaban J connectivity index is 1.90. The van der Waals surface area contributed by atoms with Gasteiger partial charge in [-0.15, -0.1) is 0 Å². The van der Waals surface area contributed by atoms with Crippen LogP contribution in [0.3, 0.4) is 0 Å². The zero-order valence-corrected chi connectivity index (χ0v) is 9.07. The molecule has 1 aliphatic heterocycles. The molecule has 4 nitrogen and oxygen atoms in total. The zero-order chi connectivity index (χ0) is 10.8. The highest BCUT2D eigenvalue weighted by Gasteiger charge is 2.39. The highest BCUT2D eigenvalue weighted by atomic mass is 16.5. The van der Waals surface area contributed by atoms with Crippen molar-refractivity contribution in [1.82, 2.24) is 4.90 Å². The monoisotopic (exact) mass is 211 g/mol. The quantitative estimate of drug-likeness (QED) is 0.476. The van der Waals surface area contributed by atoms with Gasteiger partial charge in [-0.25, -0.2) is 4.79 Å². The van der Waals surface area contributed by atoms with Gasteiger partial charge in [-0.3, -0.25) is 4.79 Å². The van der Waals surface area contributed by atoms with E-state index in [2.05, 4.69) is 0 Å². The summed E-state index contributed by atoms with van der Waals surface area (Å²) in [6.45, 7) is 3.49. The Labute approximate surface area is 89.6 Å². The number of carbonyl (C=O) groups is 2. The summed E-state index contributed by atoms with van der Waals surface area (Å²) in [6, 6.07) is 0. The molecule has 2 fully saturated rings. The molecule has 2 rings (SSSR count). The first-order chi connectivity index (χ1) is 7.22. The summed E-state index contributed by atoms with van der Waals surface area (Å²) in [5.41, 5.74) is 0. The topological polar surface area (TPSA) is 46.6 Å². The number of ether oxygens (including phenoxy) is 1. The summed E-state index contributed by atoms with van der Waals surface area (Å²) in [5, 5.41) is 0. The SMILES string of the molecule is CCOC(=O)C(=O)N1CC2CCCC2C1. The first-order valence-corrected chi connectivity index (χ1v) is 5.68. The predicted octanol–water partition coefficient (Wildman–Crippen LogP) is 0.808. The van der Waals surface area contributed by atoms with E-state index in [1.165, 1.54) is 19.3 Å². The minimum atomic E-state index is -0.697. The maximum Gasteiger partial charge on any atom is 0.397 e. The lowest BCUT2D eigenvalue weighted by Crippen LogP contribution is -2.36. The molecular formula is C11H17NO3. The van der Waals surface area contributed by atoms with Crippen molar-refractivity contribution in [2.24, 2.45) is 11.8 Å². The van der Waals surface area contributed by atoms with E-state index in [4.69, 9.17) is 4.74 Å². The molecule has 0 N–H and O–H groups in total. The number of likely N-dealkylation sites (tertiary alicyclic amines) is 1. The van der Waals surface area contributed by atoms with E-state index in [9.17, 15) is 9.59 Å². The molecule has 2 unspecified atom stereocenters. The van der Waals surface area contributed by atoms with Crippen LogP contribution in [0.25, 0.3) is 0 Å². The van der Waals surface area contributed by atoms with Crippen LogP contribution in [0.5, 0.6) is 0 Å². The van der Waals surface area contributed by atoms with Crippen molar-refractivity contribution in [3.8, 4) is 0 Å². The molecular weight excluding hydrogens is 194 g/mol. The number of amides is 1. The minimum absolute atomic E-state index is 0.269. The highest BCUT2D eigenvalue weighted by molar-refractivity contribution is 6.32. The molecule has 4 heteroatoms. The standard InChI is InChI=1S/C11H17NO3/c1-2-15-11(14)10(13)12-6-8-4-3-5-9(8)7-12/h8-9H,2-7H2,1H3. The van der Waals surface area contributed by atoms with Crippen LogP contribution in [0.15, 0.2) is 0 Å². The first-order valence-electron chi connectivity index (χ1n) is 5.68. The number of fused-ring (bicyclic) bond motifs is 1. The predicted molar refractivity (Wildman–Crippen MR) is 54.0 cm³/mol. The van der Waals surface area contributed by atoms with E-state index in [0.717, 1.165) is 13.1 Å². The van der Waals surface area contributed by atoms with Crippen LogP contribution in [0.4, 0.5) is 0 Å². The molecule has 0 spiro atoms. The van der Waals surface area contributed by atoms with Crippen LogP contribution in [-0.2, 0) is 14.3 Å². The van der Waals surface area contributed by atoms with Crippen LogP contribution in [0.2, 0.25) is 0 Å². The van der Waals surface area contributed by atoms with Crippen molar-refractivity contribution < 1.29 is 14.3 Å². The Morgan fingerprint density at radius 1 is 1.27 bits per heavy atom. The van der Waals surface area contributed by atoms with Gasteiger partial charge in [-0.05, 0) is 31.6 Å². The lowest BCUT2D eigenvalue weighted by atomic mass is 10.0. The molecule has 84 valence electrons. The minimum Gasteiger partial charge on any atom is -0.459 e. The third-order valence-corrected chi connectivity index (χ3v) is 3.46. The lowest BCUT2D eigenvalue weighted by Gasteiger charge is -2.15. The van der Waals surface area contributed by atoms with Gasteiger partial charge >= 0.3 is 11.9 Å². The smallest absolute Gasteiger partial charge is 0.397 e. The fourth-order valence-electron chi connectivity index (χ4n) is 2.72. The summed E-state index contributed by atoms with van der Waals surface area (Å²) < 4.78 is 4.71. The lowest BCUT2D eigenvalue weighted by molar-refractivity contribution is -0.159. The van der Waals surface area contributed by atoms with E-state index in [1.807, 2.05) is 0 Å². The van der Waals surface area contributed by atoms with E-state index in [0.29, 0.717) is 11.8 Å². The number of hydrogen-bond donors (Lipinski definition) is 0. The molecule has 1 aliphatic carbocycles. The van der Waals surface area contributed by atoms with Gasteiger partial charge in [0.2, 0.25) is 0 Å². The molecule has 1 saturated carbocycles. The van der Waals surface area contributed by atoms with E-state index in [-0.39, 0.29) is 6.61 Å². The number of hydrogen-bond acceptors (Lipinski definition) is 3. The van der Waals surface area contributed by atoms with Crippen LogP contribution in [0.1, 0.15) is 26.2 Å². The zero-order valence-electron chi connectivity index (χ0n) is 9.07. The molecule has 1 amide bonds. The summed E-state index contributed by atoms with van der Waals surface area (Å²) >= 11 is 0. The van der Waals surface area contributed by atoms with Crippen molar-refractivity contribution in [2.45, 2.75) is 26.2 Å². The number of nitrogens with zero attached hydrogens (tertiary/aromatic N) is 1. The Hall–Kier alpha value is -1.06. The number of carbonyl (C=O) groups excluding carboxylic acids is 2. The number of esters is 1. The van der Waals surface area contributed by atoms with Gasteiger partial charge in [0.15, 0.2) is 0 Å². The second-order valence-electron chi connectivity index (χ2n) is 4.38. The summed E-state index contributed by atoms with van der Waals surface area (Å²) in [7, 11) is 0. The Kier molecular flexibility index (Phi) is 2.93. The molecule has 0 bridgehead atoms. The molecule has 0 radical (unpaired) electrons. The number of rotatable bonds is 1. The van der Waals surface area contributed by atoms with Crippen LogP contribution in [-0.4, -0.2) is 36.5 Å². The fraction of sp³-hybridized carbons (Fsp3) is 0.818. The fourth-order valence-corrected chi connectivity index (χ4v) is 2.72. The molecule has 2 aliphatic rings. The van der Waals surface area contributed by atoms with Gasteiger partial charge in [-0.2, -0.15) is 0 Å². The normalized spacial score (nSPS) is 29.0. The maximum absolute atomic E-state index is 11.6. The van der Waals surface area contributed by atoms with Crippen LogP contribution >= 0.6 is 0 Å². The van der Waals surface area contributed by atoms with Crippen molar-refractivity contribution >= 4 is 11.9 Å².